The van der Waals surface area contributed by atoms with Gasteiger partial charge >= 0.3 is 0 Å². The summed E-state index contributed by atoms with van der Waals surface area (Å²) in [5, 5.41) is 2.28. The number of aromatic nitrogens is 2. The van der Waals surface area contributed by atoms with Crippen LogP contribution in [0.1, 0.15) is 41.3 Å². The van der Waals surface area contributed by atoms with Crippen LogP contribution >= 0.6 is 34.7 Å². The maximum Gasteiger partial charge on any atom is 0.267 e. The van der Waals surface area contributed by atoms with Crippen LogP contribution < -0.4 is 5.56 Å². The molecule has 6 heteroatoms. The molecule has 0 bridgehead atoms. The Balaban J connectivity index is 1.66. The summed E-state index contributed by atoms with van der Waals surface area (Å²) in [7, 11) is 0. The van der Waals surface area contributed by atoms with Crippen molar-refractivity contribution in [1.82, 2.24) is 9.55 Å². The molecule has 158 valence electrons. The van der Waals surface area contributed by atoms with Gasteiger partial charge in [-0.05, 0) is 67.0 Å². The Bertz CT molecular complexity index is 1310. The lowest BCUT2D eigenvalue weighted by Gasteiger charge is -2.14. The zero-order valence-corrected chi connectivity index (χ0v) is 19.7. The molecule has 1 aliphatic carbocycles. The third-order valence-corrected chi connectivity index (χ3v) is 8.42. The molecule has 0 aliphatic heterocycles. The number of thioether (sulfide) groups is 1. The second-order valence-corrected chi connectivity index (χ2v) is 10.3. The fraction of sp³-hybridized carbons (Fsp3) is 0.280. The Morgan fingerprint density at radius 1 is 1.10 bits per heavy atom. The SMILES string of the molecule is CCc1ccc(-n2c(SCc3ccccc3Cl)nc3sc4c(c3c2=O)CCCC4)cc1. The van der Waals surface area contributed by atoms with E-state index in [1.54, 1.807) is 27.7 Å². The molecule has 2 heterocycles. The highest BCUT2D eigenvalue weighted by molar-refractivity contribution is 7.98. The number of benzene rings is 2. The summed E-state index contributed by atoms with van der Waals surface area (Å²) < 4.78 is 1.80. The van der Waals surface area contributed by atoms with Gasteiger partial charge in [0.15, 0.2) is 5.16 Å². The van der Waals surface area contributed by atoms with Gasteiger partial charge in [-0.2, -0.15) is 0 Å². The first-order valence-corrected chi connectivity index (χ1v) is 12.9. The van der Waals surface area contributed by atoms with Crippen LogP contribution in [0.3, 0.4) is 0 Å². The molecular weight excluding hydrogens is 444 g/mol. The van der Waals surface area contributed by atoms with Crippen molar-refractivity contribution in [3.05, 3.63) is 85.5 Å². The Hall–Kier alpha value is -2.08. The second kappa shape index (κ2) is 8.81. The highest BCUT2D eigenvalue weighted by Gasteiger charge is 2.23. The lowest BCUT2D eigenvalue weighted by atomic mass is 9.97. The maximum atomic E-state index is 13.8. The largest absolute Gasteiger partial charge is 0.268 e. The standard InChI is InChI=1S/C25H23ClN2OS2/c1-2-16-11-13-18(14-12-16)28-24(29)22-19-8-4-6-10-21(19)31-23(22)27-25(28)30-15-17-7-3-5-9-20(17)26/h3,5,7,9,11-14H,2,4,6,8,10,15H2,1H3. The Morgan fingerprint density at radius 3 is 2.65 bits per heavy atom. The highest BCUT2D eigenvalue weighted by Crippen LogP contribution is 2.36. The van der Waals surface area contributed by atoms with Crippen molar-refractivity contribution < 1.29 is 0 Å². The molecule has 2 aromatic heterocycles. The molecule has 0 amide bonds. The number of fused-ring (bicyclic) bond motifs is 3. The molecule has 5 rings (SSSR count). The molecule has 31 heavy (non-hydrogen) atoms. The first-order valence-electron chi connectivity index (χ1n) is 10.7. The normalized spacial score (nSPS) is 13.5. The van der Waals surface area contributed by atoms with Gasteiger partial charge in [0.2, 0.25) is 0 Å². The Morgan fingerprint density at radius 2 is 1.87 bits per heavy atom. The van der Waals surface area contributed by atoms with Crippen molar-refractivity contribution >= 4 is 44.9 Å². The van der Waals surface area contributed by atoms with Crippen LogP contribution in [0, 0.1) is 0 Å². The minimum absolute atomic E-state index is 0.0512. The van der Waals surface area contributed by atoms with E-state index in [-0.39, 0.29) is 5.56 Å². The van der Waals surface area contributed by atoms with Crippen molar-refractivity contribution in [3.63, 3.8) is 0 Å². The highest BCUT2D eigenvalue weighted by atomic mass is 35.5. The molecule has 1 aliphatic rings. The van der Waals surface area contributed by atoms with Crippen molar-refractivity contribution in [2.75, 3.05) is 0 Å². The summed E-state index contributed by atoms with van der Waals surface area (Å²) in [6.07, 6.45) is 5.35. The molecule has 0 fully saturated rings. The van der Waals surface area contributed by atoms with E-state index in [0.29, 0.717) is 5.75 Å². The maximum absolute atomic E-state index is 13.8. The van der Waals surface area contributed by atoms with E-state index in [0.717, 1.165) is 57.3 Å². The van der Waals surface area contributed by atoms with Gasteiger partial charge in [-0.25, -0.2) is 4.98 Å². The van der Waals surface area contributed by atoms with E-state index in [4.69, 9.17) is 16.6 Å². The van der Waals surface area contributed by atoms with Crippen molar-refractivity contribution in [1.29, 1.82) is 0 Å². The third kappa shape index (κ3) is 3.95. The summed E-state index contributed by atoms with van der Waals surface area (Å²) in [6.45, 7) is 2.14. The average Bonchev–Trinajstić information content (AvgIpc) is 3.17. The summed E-state index contributed by atoms with van der Waals surface area (Å²) in [5.41, 5.74) is 4.44. The Kier molecular flexibility index (Phi) is 5.91. The van der Waals surface area contributed by atoms with Crippen molar-refractivity contribution in [2.24, 2.45) is 0 Å². The molecule has 0 unspecified atom stereocenters. The quantitative estimate of drug-likeness (QED) is 0.238. The van der Waals surface area contributed by atoms with Gasteiger partial charge in [0.1, 0.15) is 4.83 Å². The van der Waals surface area contributed by atoms with Crippen LogP contribution in [-0.2, 0) is 25.0 Å². The molecule has 0 radical (unpaired) electrons. The van der Waals surface area contributed by atoms with E-state index >= 15 is 0 Å². The molecule has 0 saturated heterocycles. The summed E-state index contributed by atoms with van der Waals surface area (Å²) in [4.78, 5) is 21.0. The minimum Gasteiger partial charge on any atom is -0.268 e. The zero-order valence-electron chi connectivity index (χ0n) is 17.4. The molecule has 3 nitrogen and oxygen atoms in total. The lowest BCUT2D eigenvalue weighted by Crippen LogP contribution is -2.22. The van der Waals surface area contributed by atoms with Crippen LogP contribution in [0.25, 0.3) is 15.9 Å². The summed E-state index contributed by atoms with van der Waals surface area (Å²) >= 11 is 9.64. The molecule has 0 atom stereocenters. The fourth-order valence-corrected chi connectivity index (χ4v) is 6.75. The predicted octanol–water partition coefficient (Wildman–Crippen LogP) is 6.83. The number of aryl methyl sites for hydroxylation is 3. The van der Waals surface area contributed by atoms with Crippen LogP contribution in [0.4, 0.5) is 0 Å². The van der Waals surface area contributed by atoms with Gasteiger partial charge in [-0.15, -0.1) is 11.3 Å². The van der Waals surface area contributed by atoms with E-state index in [9.17, 15) is 4.79 Å². The predicted molar refractivity (Wildman–Crippen MR) is 132 cm³/mol. The van der Waals surface area contributed by atoms with E-state index < -0.39 is 0 Å². The van der Waals surface area contributed by atoms with E-state index in [1.165, 1.54) is 22.4 Å². The number of halogens is 1. The molecule has 0 saturated carbocycles. The Labute approximate surface area is 195 Å². The molecule has 4 aromatic rings. The number of hydrogen-bond acceptors (Lipinski definition) is 4. The van der Waals surface area contributed by atoms with Gasteiger partial charge in [0.25, 0.3) is 5.56 Å². The van der Waals surface area contributed by atoms with Crippen LogP contribution in [0.15, 0.2) is 58.5 Å². The first-order chi connectivity index (χ1) is 15.2. The number of hydrogen-bond donors (Lipinski definition) is 0. The van der Waals surface area contributed by atoms with Gasteiger partial charge in [0, 0.05) is 15.7 Å². The number of thiophene rings is 1. The topological polar surface area (TPSA) is 34.9 Å². The summed E-state index contributed by atoms with van der Waals surface area (Å²) in [5.74, 6) is 0.662. The average molecular weight is 467 g/mol. The first kappa shape index (κ1) is 20.8. The van der Waals surface area contributed by atoms with Gasteiger partial charge in [0.05, 0.1) is 11.1 Å². The lowest BCUT2D eigenvalue weighted by molar-refractivity contribution is 0.699. The smallest absolute Gasteiger partial charge is 0.267 e. The van der Waals surface area contributed by atoms with E-state index in [1.807, 2.05) is 36.4 Å². The van der Waals surface area contributed by atoms with Gasteiger partial charge in [-0.1, -0.05) is 60.6 Å². The molecular formula is C25H23ClN2OS2. The molecule has 2 aromatic carbocycles. The zero-order chi connectivity index (χ0) is 21.4. The van der Waals surface area contributed by atoms with Crippen molar-refractivity contribution in [2.45, 2.75) is 49.9 Å². The second-order valence-electron chi connectivity index (χ2n) is 7.83. The van der Waals surface area contributed by atoms with Gasteiger partial charge < -0.3 is 0 Å². The summed E-state index contributed by atoms with van der Waals surface area (Å²) in [6, 6.07) is 16.1. The monoisotopic (exact) mass is 466 g/mol. The minimum atomic E-state index is 0.0512. The van der Waals surface area contributed by atoms with Crippen LogP contribution in [0.5, 0.6) is 0 Å². The van der Waals surface area contributed by atoms with Gasteiger partial charge in [-0.3, -0.25) is 9.36 Å². The fourth-order valence-electron chi connectivity index (χ4n) is 4.15. The number of rotatable bonds is 5. The number of nitrogens with zero attached hydrogens (tertiary/aromatic N) is 2. The van der Waals surface area contributed by atoms with Crippen LogP contribution in [-0.4, -0.2) is 9.55 Å². The van der Waals surface area contributed by atoms with Crippen molar-refractivity contribution in [3.8, 4) is 5.69 Å². The molecule has 0 spiro atoms. The molecule has 0 N–H and O–H groups in total. The van der Waals surface area contributed by atoms with E-state index in [2.05, 4.69) is 19.1 Å². The third-order valence-electron chi connectivity index (χ3n) is 5.88. The van der Waals surface area contributed by atoms with Crippen LogP contribution in [0.2, 0.25) is 5.02 Å².